The maximum Gasteiger partial charge on any atom is 0.328 e. The molecule has 100 valence electrons. The van der Waals surface area contributed by atoms with Gasteiger partial charge in [0.25, 0.3) is 0 Å². The zero-order valence-electron chi connectivity index (χ0n) is 10.3. The smallest absolute Gasteiger partial charge is 0.328 e. The first-order valence-corrected chi connectivity index (χ1v) is 6.10. The van der Waals surface area contributed by atoms with Crippen molar-refractivity contribution in [2.24, 2.45) is 0 Å². The summed E-state index contributed by atoms with van der Waals surface area (Å²) in [6.07, 6.45) is 1.76. The fraction of sp³-hybridized carbons (Fsp3) is 0.231. The van der Waals surface area contributed by atoms with Crippen molar-refractivity contribution in [2.45, 2.75) is 19.5 Å². The molecule has 0 radical (unpaired) electrons. The van der Waals surface area contributed by atoms with E-state index in [0.717, 1.165) is 10.9 Å². The van der Waals surface area contributed by atoms with Crippen LogP contribution in [0.4, 0.5) is 0 Å². The van der Waals surface area contributed by atoms with Gasteiger partial charge in [0.05, 0.1) is 17.1 Å². The number of nitrogens with one attached hydrogen (secondary N) is 1. The summed E-state index contributed by atoms with van der Waals surface area (Å²) < 4.78 is 1.73. The van der Waals surface area contributed by atoms with E-state index < -0.39 is 12.0 Å². The number of carboxylic acids is 1. The number of nitrogens with zero attached hydrogens (tertiary/aromatic N) is 1. The Morgan fingerprint density at radius 3 is 2.79 bits per heavy atom. The highest BCUT2D eigenvalue weighted by Gasteiger charge is 2.20. The maximum absolute atomic E-state index is 11.1. The number of fused-ring (bicyclic) bond motifs is 1. The molecule has 19 heavy (non-hydrogen) atoms. The van der Waals surface area contributed by atoms with Crippen molar-refractivity contribution < 1.29 is 14.7 Å². The van der Waals surface area contributed by atoms with Gasteiger partial charge in [-0.25, -0.2) is 4.79 Å². The number of carbonyl (C=O) groups excluding carboxylic acids is 1. The van der Waals surface area contributed by atoms with Gasteiger partial charge in [-0.3, -0.25) is 4.79 Å². The molecule has 2 aromatic rings. The number of amides is 1. The van der Waals surface area contributed by atoms with Crippen LogP contribution in [0.1, 0.15) is 6.92 Å². The Hall–Kier alpha value is -2.01. The van der Waals surface area contributed by atoms with Crippen LogP contribution in [-0.2, 0) is 16.1 Å². The van der Waals surface area contributed by atoms with E-state index in [1.54, 1.807) is 16.8 Å². The normalized spacial score (nSPS) is 12.3. The van der Waals surface area contributed by atoms with Crippen LogP contribution in [0.25, 0.3) is 10.9 Å². The molecule has 0 saturated carbocycles. The molecule has 0 aliphatic rings. The molecule has 0 saturated heterocycles. The van der Waals surface area contributed by atoms with Gasteiger partial charge in [-0.05, 0) is 12.1 Å². The van der Waals surface area contributed by atoms with Crippen molar-refractivity contribution in [3.05, 3.63) is 35.5 Å². The lowest BCUT2D eigenvalue weighted by Gasteiger charge is -2.15. The lowest BCUT2D eigenvalue weighted by Crippen LogP contribution is -2.42. The fourth-order valence-corrected chi connectivity index (χ4v) is 2.28. The molecule has 0 fully saturated rings. The Balaban J connectivity index is 2.34. The molecule has 0 spiro atoms. The minimum absolute atomic E-state index is 0.127. The van der Waals surface area contributed by atoms with E-state index in [1.165, 1.54) is 6.92 Å². The van der Waals surface area contributed by atoms with Crippen LogP contribution in [0.2, 0.25) is 5.02 Å². The second kappa shape index (κ2) is 5.32. The van der Waals surface area contributed by atoms with Crippen molar-refractivity contribution in [1.82, 2.24) is 9.88 Å². The predicted molar refractivity (Wildman–Crippen MR) is 72.2 cm³/mol. The summed E-state index contributed by atoms with van der Waals surface area (Å²) in [5, 5.41) is 13.0. The number of hydrogen-bond acceptors (Lipinski definition) is 2. The number of benzene rings is 1. The standard InChI is InChI=1S/C13H13ClN2O3/c1-8(17)15-11(13(18)19)7-16-6-5-9-3-2-4-10(14)12(9)16/h2-6,11H,7H2,1H3,(H,15,17)(H,18,19). The number of halogens is 1. The second-order valence-electron chi connectivity index (χ2n) is 4.24. The molecule has 1 heterocycles. The molecule has 1 aromatic heterocycles. The van der Waals surface area contributed by atoms with Crippen molar-refractivity contribution in [3.63, 3.8) is 0 Å². The average Bonchev–Trinajstić information content (AvgIpc) is 2.72. The number of carboxylic acid groups (broad SMARTS) is 1. The van der Waals surface area contributed by atoms with Gasteiger partial charge >= 0.3 is 5.97 Å². The minimum atomic E-state index is -1.08. The van der Waals surface area contributed by atoms with Crippen LogP contribution in [0.3, 0.4) is 0 Å². The van der Waals surface area contributed by atoms with Gasteiger partial charge in [0.1, 0.15) is 6.04 Å². The maximum atomic E-state index is 11.1. The molecule has 2 N–H and O–H groups in total. The Kier molecular flexibility index (Phi) is 3.76. The minimum Gasteiger partial charge on any atom is -0.480 e. The van der Waals surface area contributed by atoms with Gasteiger partial charge in [0, 0.05) is 18.5 Å². The Morgan fingerprint density at radius 2 is 2.16 bits per heavy atom. The summed E-state index contributed by atoms with van der Waals surface area (Å²) >= 11 is 6.12. The zero-order chi connectivity index (χ0) is 14.0. The average molecular weight is 281 g/mol. The summed E-state index contributed by atoms with van der Waals surface area (Å²) in [6.45, 7) is 1.42. The Labute approximate surface area is 114 Å². The second-order valence-corrected chi connectivity index (χ2v) is 4.64. The van der Waals surface area contributed by atoms with Crippen molar-refractivity contribution in [1.29, 1.82) is 0 Å². The van der Waals surface area contributed by atoms with E-state index in [1.807, 2.05) is 18.2 Å². The van der Waals surface area contributed by atoms with Crippen molar-refractivity contribution >= 4 is 34.4 Å². The van der Waals surface area contributed by atoms with Crippen LogP contribution in [-0.4, -0.2) is 27.6 Å². The molecule has 5 nitrogen and oxygen atoms in total. The molecule has 2 rings (SSSR count). The number of hydrogen-bond donors (Lipinski definition) is 2. The monoisotopic (exact) mass is 280 g/mol. The highest BCUT2D eigenvalue weighted by Crippen LogP contribution is 2.24. The van der Waals surface area contributed by atoms with Crippen LogP contribution >= 0.6 is 11.6 Å². The SMILES string of the molecule is CC(=O)NC(Cn1ccc2cccc(Cl)c21)C(=O)O. The van der Waals surface area contributed by atoms with E-state index in [2.05, 4.69) is 5.32 Å². The third kappa shape index (κ3) is 2.88. The van der Waals surface area contributed by atoms with E-state index >= 15 is 0 Å². The van der Waals surface area contributed by atoms with Gasteiger partial charge in [0.2, 0.25) is 5.91 Å². The van der Waals surface area contributed by atoms with Crippen LogP contribution in [0.5, 0.6) is 0 Å². The summed E-state index contributed by atoms with van der Waals surface area (Å²) in [5.41, 5.74) is 0.765. The first-order valence-electron chi connectivity index (χ1n) is 5.72. The van der Waals surface area contributed by atoms with Crippen LogP contribution < -0.4 is 5.32 Å². The van der Waals surface area contributed by atoms with Gasteiger partial charge in [-0.1, -0.05) is 23.7 Å². The number of aromatic nitrogens is 1. The van der Waals surface area contributed by atoms with E-state index in [-0.39, 0.29) is 12.5 Å². The summed E-state index contributed by atoms with van der Waals surface area (Å²) in [4.78, 5) is 22.1. The molecule has 0 aliphatic carbocycles. The molecule has 6 heteroatoms. The molecule has 1 aromatic carbocycles. The van der Waals surface area contributed by atoms with Gasteiger partial charge in [-0.15, -0.1) is 0 Å². The zero-order valence-corrected chi connectivity index (χ0v) is 11.0. The Bertz CT molecular complexity index is 636. The largest absolute Gasteiger partial charge is 0.480 e. The molecule has 0 bridgehead atoms. The number of carbonyl (C=O) groups is 2. The summed E-state index contributed by atoms with van der Waals surface area (Å²) in [7, 11) is 0. The molecular formula is C13H13ClN2O3. The third-order valence-electron chi connectivity index (χ3n) is 2.79. The summed E-state index contributed by atoms with van der Waals surface area (Å²) in [5.74, 6) is -1.46. The van der Waals surface area contributed by atoms with E-state index in [4.69, 9.17) is 16.7 Å². The highest BCUT2D eigenvalue weighted by molar-refractivity contribution is 6.35. The number of rotatable bonds is 4. The molecule has 1 amide bonds. The third-order valence-corrected chi connectivity index (χ3v) is 3.10. The van der Waals surface area contributed by atoms with E-state index in [9.17, 15) is 9.59 Å². The van der Waals surface area contributed by atoms with E-state index in [0.29, 0.717) is 5.02 Å². The van der Waals surface area contributed by atoms with Crippen LogP contribution in [0, 0.1) is 0 Å². The highest BCUT2D eigenvalue weighted by atomic mass is 35.5. The number of aliphatic carboxylic acids is 1. The molecule has 1 unspecified atom stereocenters. The lowest BCUT2D eigenvalue weighted by atomic mass is 10.2. The first-order chi connectivity index (χ1) is 8.99. The fourth-order valence-electron chi connectivity index (χ4n) is 1.99. The predicted octanol–water partition coefficient (Wildman–Crippen LogP) is 1.88. The first kappa shape index (κ1) is 13.4. The van der Waals surface area contributed by atoms with Crippen molar-refractivity contribution in [2.75, 3.05) is 0 Å². The van der Waals surface area contributed by atoms with Gasteiger partial charge in [0.15, 0.2) is 0 Å². The quantitative estimate of drug-likeness (QED) is 0.898. The topological polar surface area (TPSA) is 71.3 Å². The summed E-state index contributed by atoms with van der Waals surface area (Å²) in [6, 6.07) is 6.34. The van der Waals surface area contributed by atoms with Crippen LogP contribution in [0.15, 0.2) is 30.5 Å². The molecular weight excluding hydrogens is 268 g/mol. The van der Waals surface area contributed by atoms with Gasteiger partial charge < -0.3 is 15.0 Å². The van der Waals surface area contributed by atoms with Gasteiger partial charge in [-0.2, -0.15) is 0 Å². The Morgan fingerprint density at radius 1 is 1.42 bits per heavy atom. The number of para-hydroxylation sites is 1. The van der Waals surface area contributed by atoms with Crippen molar-refractivity contribution in [3.8, 4) is 0 Å². The molecule has 1 atom stereocenters. The lowest BCUT2D eigenvalue weighted by molar-refractivity contribution is -0.141. The molecule has 0 aliphatic heterocycles.